The summed E-state index contributed by atoms with van der Waals surface area (Å²) in [5.41, 5.74) is 0. The number of guanidine groups is 1. The van der Waals surface area contributed by atoms with Crippen LogP contribution in [0.5, 0.6) is 0 Å². The van der Waals surface area contributed by atoms with E-state index in [-0.39, 0.29) is 0 Å². The molecular weight excluding hydrogens is 230 g/mol. The van der Waals surface area contributed by atoms with Crippen LogP contribution in [0, 0.1) is 5.92 Å². The Kier molecular flexibility index (Phi) is 3.12. The average Bonchev–Trinajstić information content (AvgIpc) is 3.27. The Balaban J connectivity index is 1.52. The van der Waals surface area contributed by atoms with Gasteiger partial charge in [-0.25, -0.2) is 4.68 Å². The molecule has 2 aliphatic carbocycles. The first-order valence-electron chi connectivity index (χ1n) is 6.57. The maximum Gasteiger partial charge on any atom is 0.191 e. The number of aliphatic imine (C=N–C) groups is 1. The summed E-state index contributed by atoms with van der Waals surface area (Å²) < 4.78 is 1.90. The second-order valence-corrected chi connectivity index (χ2v) is 5.06. The van der Waals surface area contributed by atoms with Gasteiger partial charge < -0.3 is 10.6 Å². The van der Waals surface area contributed by atoms with Gasteiger partial charge in [-0.15, -0.1) is 5.10 Å². The molecule has 0 aromatic carbocycles. The summed E-state index contributed by atoms with van der Waals surface area (Å²) in [6.07, 6.45) is 5.08. The fraction of sp³-hybridized carbons (Fsp3) is 0.818. The molecule has 2 N–H and O–H groups in total. The molecule has 0 unspecified atom stereocenters. The molecule has 0 atom stereocenters. The van der Waals surface area contributed by atoms with Crippen molar-refractivity contribution in [1.82, 2.24) is 30.8 Å². The Morgan fingerprint density at radius 3 is 2.89 bits per heavy atom. The van der Waals surface area contributed by atoms with Gasteiger partial charge in [0.15, 0.2) is 11.8 Å². The van der Waals surface area contributed by atoms with Crippen LogP contribution < -0.4 is 10.6 Å². The minimum absolute atomic E-state index is 0.596. The predicted octanol–water partition coefficient (Wildman–Crippen LogP) is -0.0895. The Hall–Kier alpha value is -1.66. The fourth-order valence-electron chi connectivity index (χ4n) is 1.82. The number of hydrogen-bond donors (Lipinski definition) is 2. The van der Waals surface area contributed by atoms with Crippen molar-refractivity contribution >= 4 is 5.96 Å². The van der Waals surface area contributed by atoms with Gasteiger partial charge in [0, 0.05) is 19.6 Å². The Morgan fingerprint density at radius 2 is 2.22 bits per heavy atom. The standard InChI is InChI=1S/C11H19N7/c1-12-11(14-9-4-5-9)13-6-10-15-16-17-18(10)7-8-2-3-8/h8-9H,2-7H2,1H3,(H2,12,13,14). The van der Waals surface area contributed by atoms with Crippen molar-refractivity contribution in [2.45, 2.75) is 44.8 Å². The first-order chi connectivity index (χ1) is 8.85. The van der Waals surface area contributed by atoms with Gasteiger partial charge in [-0.3, -0.25) is 4.99 Å². The van der Waals surface area contributed by atoms with E-state index in [2.05, 4.69) is 31.2 Å². The molecule has 2 fully saturated rings. The van der Waals surface area contributed by atoms with Crippen LogP contribution >= 0.6 is 0 Å². The van der Waals surface area contributed by atoms with Gasteiger partial charge >= 0.3 is 0 Å². The summed E-state index contributed by atoms with van der Waals surface area (Å²) in [6, 6.07) is 0.596. The van der Waals surface area contributed by atoms with E-state index in [1.807, 2.05) is 4.68 Å². The summed E-state index contributed by atoms with van der Waals surface area (Å²) in [4.78, 5) is 4.19. The lowest BCUT2D eigenvalue weighted by atomic mass is 10.4. The van der Waals surface area contributed by atoms with Crippen molar-refractivity contribution in [3.63, 3.8) is 0 Å². The highest BCUT2D eigenvalue weighted by Gasteiger charge is 2.24. The van der Waals surface area contributed by atoms with Crippen molar-refractivity contribution in [2.75, 3.05) is 7.05 Å². The zero-order valence-corrected chi connectivity index (χ0v) is 10.6. The molecule has 0 bridgehead atoms. The number of hydrogen-bond acceptors (Lipinski definition) is 4. The average molecular weight is 249 g/mol. The van der Waals surface area contributed by atoms with Crippen LogP contribution in [-0.2, 0) is 13.1 Å². The molecule has 3 rings (SSSR count). The summed E-state index contributed by atoms with van der Waals surface area (Å²) in [5, 5.41) is 18.4. The third-order valence-corrected chi connectivity index (χ3v) is 3.29. The topological polar surface area (TPSA) is 80.0 Å². The molecule has 2 aliphatic rings. The molecule has 0 amide bonds. The fourth-order valence-corrected chi connectivity index (χ4v) is 1.82. The molecule has 1 aromatic heterocycles. The van der Waals surface area contributed by atoms with Crippen molar-refractivity contribution in [3.8, 4) is 0 Å². The number of aromatic nitrogens is 4. The largest absolute Gasteiger partial charge is 0.354 e. The second kappa shape index (κ2) is 4.91. The van der Waals surface area contributed by atoms with E-state index < -0.39 is 0 Å². The third-order valence-electron chi connectivity index (χ3n) is 3.29. The van der Waals surface area contributed by atoms with Crippen LogP contribution in [0.15, 0.2) is 4.99 Å². The minimum Gasteiger partial charge on any atom is -0.354 e. The van der Waals surface area contributed by atoms with Crippen molar-refractivity contribution in [2.24, 2.45) is 10.9 Å². The molecule has 98 valence electrons. The molecule has 7 nitrogen and oxygen atoms in total. The van der Waals surface area contributed by atoms with Gasteiger partial charge in [0.1, 0.15) is 0 Å². The summed E-state index contributed by atoms with van der Waals surface area (Å²) in [7, 11) is 1.78. The van der Waals surface area contributed by atoms with E-state index >= 15 is 0 Å². The van der Waals surface area contributed by atoms with E-state index in [0.717, 1.165) is 24.2 Å². The van der Waals surface area contributed by atoms with Crippen LogP contribution in [0.3, 0.4) is 0 Å². The molecule has 18 heavy (non-hydrogen) atoms. The highest BCUT2D eigenvalue weighted by atomic mass is 15.5. The Labute approximate surface area is 106 Å². The molecule has 0 aliphatic heterocycles. The van der Waals surface area contributed by atoms with Crippen molar-refractivity contribution in [3.05, 3.63) is 5.82 Å². The van der Waals surface area contributed by atoms with Crippen LogP contribution in [0.1, 0.15) is 31.5 Å². The van der Waals surface area contributed by atoms with Gasteiger partial charge in [0.25, 0.3) is 0 Å². The van der Waals surface area contributed by atoms with Crippen LogP contribution in [0.25, 0.3) is 0 Å². The summed E-state index contributed by atoms with van der Waals surface area (Å²) in [6.45, 7) is 1.56. The van der Waals surface area contributed by atoms with Crippen LogP contribution in [0.4, 0.5) is 0 Å². The lowest BCUT2D eigenvalue weighted by Crippen LogP contribution is -2.38. The first kappa shape index (κ1) is 11.4. The van der Waals surface area contributed by atoms with E-state index in [0.29, 0.717) is 12.6 Å². The second-order valence-electron chi connectivity index (χ2n) is 5.06. The molecule has 0 spiro atoms. The molecular formula is C11H19N7. The maximum absolute atomic E-state index is 4.19. The molecule has 7 heteroatoms. The van der Waals surface area contributed by atoms with Crippen molar-refractivity contribution < 1.29 is 0 Å². The number of rotatable bonds is 5. The molecule has 0 radical (unpaired) electrons. The highest BCUT2D eigenvalue weighted by molar-refractivity contribution is 5.80. The van der Waals surface area contributed by atoms with Gasteiger partial charge in [0.2, 0.25) is 0 Å². The molecule has 0 saturated heterocycles. The van der Waals surface area contributed by atoms with Crippen LogP contribution in [-0.4, -0.2) is 39.3 Å². The third kappa shape index (κ3) is 2.96. The lowest BCUT2D eigenvalue weighted by molar-refractivity contribution is 0.519. The van der Waals surface area contributed by atoms with Crippen LogP contribution in [0.2, 0.25) is 0 Å². The van der Waals surface area contributed by atoms with E-state index in [1.165, 1.54) is 25.7 Å². The summed E-state index contributed by atoms with van der Waals surface area (Å²) in [5.74, 6) is 2.48. The highest BCUT2D eigenvalue weighted by Crippen LogP contribution is 2.30. The number of tetrazole rings is 1. The minimum atomic E-state index is 0.596. The quantitative estimate of drug-likeness (QED) is 0.563. The smallest absolute Gasteiger partial charge is 0.191 e. The van der Waals surface area contributed by atoms with E-state index in [9.17, 15) is 0 Å². The van der Waals surface area contributed by atoms with Gasteiger partial charge in [-0.2, -0.15) is 0 Å². The lowest BCUT2D eigenvalue weighted by Gasteiger charge is -2.10. The van der Waals surface area contributed by atoms with E-state index in [4.69, 9.17) is 0 Å². The van der Waals surface area contributed by atoms with Gasteiger partial charge in [-0.05, 0) is 42.0 Å². The van der Waals surface area contributed by atoms with Gasteiger partial charge in [0.05, 0.1) is 6.54 Å². The van der Waals surface area contributed by atoms with Crippen molar-refractivity contribution in [1.29, 1.82) is 0 Å². The zero-order chi connectivity index (χ0) is 12.4. The number of nitrogens with one attached hydrogen (secondary N) is 2. The SMILES string of the molecule is CN=C(NCc1nnnn1CC1CC1)NC1CC1. The molecule has 1 heterocycles. The molecule has 1 aromatic rings. The Bertz CT molecular complexity index is 430. The monoisotopic (exact) mass is 249 g/mol. The maximum atomic E-state index is 4.19. The zero-order valence-electron chi connectivity index (χ0n) is 10.6. The first-order valence-corrected chi connectivity index (χ1v) is 6.57. The summed E-state index contributed by atoms with van der Waals surface area (Å²) >= 11 is 0. The Morgan fingerprint density at radius 1 is 1.39 bits per heavy atom. The molecule has 2 saturated carbocycles. The van der Waals surface area contributed by atoms with Gasteiger partial charge in [-0.1, -0.05) is 0 Å². The van der Waals surface area contributed by atoms with E-state index in [1.54, 1.807) is 7.05 Å². The number of nitrogens with zero attached hydrogens (tertiary/aromatic N) is 5. The normalized spacial score (nSPS) is 19.9. The predicted molar refractivity (Wildman–Crippen MR) is 66.9 cm³/mol.